The summed E-state index contributed by atoms with van der Waals surface area (Å²) in [6, 6.07) is 5.97. The molecule has 4 rings (SSSR count). The van der Waals surface area contributed by atoms with Crippen LogP contribution in [0.4, 0.5) is 0 Å². The van der Waals surface area contributed by atoms with Gasteiger partial charge in [0.15, 0.2) is 0 Å². The molecule has 23 heavy (non-hydrogen) atoms. The first-order valence-electron chi connectivity index (χ1n) is 7.72. The molecule has 0 saturated carbocycles. The van der Waals surface area contributed by atoms with Gasteiger partial charge in [-0.2, -0.15) is 0 Å². The first-order chi connectivity index (χ1) is 11.1. The average molecular weight is 313 g/mol. The van der Waals surface area contributed by atoms with Gasteiger partial charge in [0.1, 0.15) is 17.4 Å². The molecule has 0 N–H and O–H groups in total. The van der Waals surface area contributed by atoms with E-state index in [0.717, 1.165) is 24.4 Å². The van der Waals surface area contributed by atoms with Gasteiger partial charge in [-0.25, -0.2) is 4.98 Å². The van der Waals surface area contributed by atoms with Crippen LogP contribution in [0.25, 0.3) is 17.2 Å². The molecule has 0 aliphatic carbocycles. The van der Waals surface area contributed by atoms with Gasteiger partial charge in [-0.3, -0.25) is 0 Å². The Hall–Kier alpha value is -2.25. The van der Waals surface area contributed by atoms with E-state index in [2.05, 4.69) is 27.1 Å². The third-order valence-electron chi connectivity index (χ3n) is 4.07. The van der Waals surface area contributed by atoms with Gasteiger partial charge in [-0.15, -0.1) is 10.2 Å². The van der Waals surface area contributed by atoms with Crippen LogP contribution in [0.15, 0.2) is 28.8 Å². The summed E-state index contributed by atoms with van der Waals surface area (Å²) >= 11 is 0. The lowest BCUT2D eigenvalue weighted by molar-refractivity contribution is -0.0821. The monoisotopic (exact) mass is 313 g/mol. The van der Waals surface area contributed by atoms with Crippen molar-refractivity contribution in [1.82, 2.24) is 24.5 Å². The third-order valence-corrected chi connectivity index (χ3v) is 4.07. The summed E-state index contributed by atoms with van der Waals surface area (Å²) < 4.78 is 13.7. The molecular formula is C16H19N5O2. The number of hydrogen-bond donors (Lipinski definition) is 0. The summed E-state index contributed by atoms with van der Waals surface area (Å²) in [7, 11) is 2.06. The zero-order valence-corrected chi connectivity index (χ0v) is 13.4. The van der Waals surface area contributed by atoms with Crippen molar-refractivity contribution in [1.29, 1.82) is 0 Å². The lowest BCUT2D eigenvalue weighted by atomic mass is 10.2. The minimum atomic E-state index is -0.191. The molecule has 0 aromatic carbocycles. The molecule has 0 unspecified atom stereocenters. The quantitative estimate of drug-likeness (QED) is 0.721. The Morgan fingerprint density at radius 3 is 2.87 bits per heavy atom. The summed E-state index contributed by atoms with van der Waals surface area (Å²) in [6.45, 7) is 5.73. The van der Waals surface area contributed by atoms with Crippen molar-refractivity contribution in [3.05, 3.63) is 36.0 Å². The zero-order valence-electron chi connectivity index (χ0n) is 13.4. The molecule has 120 valence electrons. The molecule has 7 nitrogen and oxygen atoms in total. The van der Waals surface area contributed by atoms with Crippen LogP contribution in [-0.4, -0.2) is 50.7 Å². The molecule has 7 heteroatoms. The predicted octanol–water partition coefficient (Wildman–Crippen LogP) is 2.08. The third kappa shape index (κ3) is 2.62. The van der Waals surface area contributed by atoms with Crippen molar-refractivity contribution >= 4 is 5.65 Å². The van der Waals surface area contributed by atoms with Crippen LogP contribution in [0.1, 0.15) is 24.6 Å². The number of aromatic nitrogens is 4. The highest BCUT2D eigenvalue weighted by Crippen LogP contribution is 2.26. The number of aryl methyl sites for hydroxylation is 1. The number of nitrogens with zero attached hydrogens (tertiary/aromatic N) is 5. The standard InChI is InChI=1S/C16H19N5O2/c1-10-5-4-6-14-17-12(8-21(10)14)15-18-19-16(23-15)13-9-20(3)7-11(2)22-13/h4-6,8,11,13H,7,9H2,1-3H3/t11-,13-/m1/s1. The summed E-state index contributed by atoms with van der Waals surface area (Å²) in [6.07, 6.45) is 1.87. The van der Waals surface area contributed by atoms with Crippen molar-refractivity contribution in [2.45, 2.75) is 26.1 Å². The summed E-state index contributed by atoms with van der Waals surface area (Å²) in [5.41, 5.74) is 2.64. The van der Waals surface area contributed by atoms with E-state index in [0.29, 0.717) is 17.5 Å². The second kappa shape index (κ2) is 5.43. The molecular weight excluding hydrogens is 294 g/mol. The molecule has 1 aliphatic heterocycles. The highest BCUT2D eigenvalue weighted by atomic mass is 16.5. The van der Waals surface area contributed by atoms with Crippen LogP contribution >= 0.6 is 0 Å². The fourth-order valence-corrected chi connectivity index (χ4v) is 3.02. The highest BCUT2D eigenvalue weighted by molar-refractivity contribution is 5.54. The van der Waals surface area contributed by atoms with Gasteiger partial charge in [-0.05, 0) is 33.0 Å². The van der Waals surface area contributed by atoms with Gasteiger partial charge in [0.2, 0.25) is 5.89 Å². The molecule has 0 spiro atoms. The normalized spacial score (nSPS) is 22.7. The smallest absolute Gasteiger partial charge is 0.268 e. The second-order valence-corrected chi connectivity index (χ2v) is 6.12. The molecule has 1 aliphatic rings. The van der Waals surface area contributed by atoms with Crippen LogP contribution < -0.4 is 0 Å². The second-order valence-electron chi connectivity index (χ2n) is 6.12. The Morgan fingerprint density at radius 2 is 2.09 bits per heavy atom. The number of morpholine rings is 1. The zero-order chi connectivity index (χ0) is 16.0. The van der Waals surface area contributed by atoms with Gasteiger partial charge >= 0.3 is 0 Å². The highest BCUT2D eigenvalue weighted by Gasteiger charge is 2.29. The van der Waals surface area contributed by atoms with Crippen LogP contribution in [0.3, 0.4) is 0 Å². The average Bonchev–Trinajstić information content (AvgIpc) is 3.13. The molecule has 1 saturated heterocycles. The van der Waals surface area contributed by atoms with Crippen LogP contribution in [0.5, 0.6) is 0 Å². The minimum Gasteiger partial charge on any atom is -0.416 e. The Bertz CT molecular complexity index is 830. The van der Waals surface area contributed by atoms with Crippen LogP contribution in [0, 0.1) is 6.92 Å². The lowest BCUT2D eigenvalue weighted by Crippen LogP contribution is -2.40. The Morgan fingerprint density at radius 1 is 1.22 bits per heavy atom. The lowest BCUT2D eigenvalue weighted by Gasteiger charge is -2.32. The van der Waals surface area contributed by atoms with Crippen molar-refractivity contribution in [3.8, 4) is 11.6 Å². The molecule has 0 amide bonds. The molecule has 4 heterocycles. The molecule has 2 atom stereocenters. The molecule has 3 aromatic heterocycles. The van der Waals surface area contributed by atoms with E-state index in [1.807, 2.05) is 42.6 Å². The Balaban J connectivity index is 1.65. The summed E-state index contributed by atoms with van der Waals surface area (Å²) in [5.74, 6) is 0.930. The van der Waals surface area contributed by atoms with Crippen LogP contribution in [0.2, 0.25) is 0 Å². The predicted molar refractivity (Wildman–Crippen MR) is 84.0 cm³/mol. The number of hydrogen-bond acceptors (Lipinski definition) is 6. The van der Waals surface area contributed by atoms with E-state index < -0.39 is 0 Å². The number of ether oxygens (including phenoxy) is 1. The number of rotatable bonds is 2. The maximum atomic E-state index is 5.91. The molecule has 1 fully saturated rings. The Kier molecular flexibility index (Phi) is 3.39. The van der Waals surface area contributed by atoms with Crippen LogP contribution in [-0.2, 0) is 4.74 Å². The van der Waals surface area contributed by atoms with Gasteiger partial charge in [0.05, 0.1) is 6.10 Å². The van der Waals surface area contributed by atoms with E-state index in [4.69, 9.17) is 9.15 Å². The van der Waals surface area contributed by atoms with E-state index in [1.165, 1.54) is 0 Å². The van der Waals surface area contributed by atoms with Crippen molar-refractivity contribution in [2.24, 2.45) is 0 Å². The van der Waals surface area contributed by atoms with Crippen molar-refractivity contribution in [2.75, 3.05) is 20.1 Å². The molecule has 3 aromatic rings. The largest absolute Gasteiger partial charge is 0.416 e. The van der Waals surface area contributed by atoms with Gasteiger partial charge < -0.3 is 18.5 Å². The van der Waals surface area contributed by atoms with Gasteiger partial charge in [0.25, 0.3) is 5.89 Å². The number of likely N-dealkylation sites (N-methyl/N-ethyl adjacent to an activating group) is 1. The summed E-state index contributed by atoms with van der Waals surface area (Å²) in [4.78, 5) is 6.75. The van der Waals surface area contributed by atoms with E-state index in [9.17, 15) is 0 Å². The maximum absolute atomic E-state index is 5.91. The SMILES string of the molecule is Cc1cccc2nc(-c3nnc([C@H]4CN(C)C[C@@H](C)O4)o3)cn12. The number of pyridine rings is 1. The van der Waals surface area contributed by atoms with E-state index in [-0.39, 0.29) is 12.2 Å². The Labute approximate surface area is 133 Å². The fourth-order valence-electron chi connectivity index (χ4n) is 3.02. The molecule has 0 radical (unpaired) electrons. The van der Waals surface area contributed by atoms with Crippen molar-refractivity contribution < 1.29 is 9.15 Å². The molecule has 0 bridgehead atoms. The fraction of sp³-hybridized carbons (Fsp3) is 0.438. The minimum absolute atomic E-state index is 0.145. The maximum Gasteiger partial charge on any atom is 0.268 e. The van der Waals surface area contributed by atoms with Gasteiger partial charge in [-0.1, -0.05) is 6.07 Å². The number of imidazole rings is 1. The number of fused-ring (bicyclic) bond motifs is 1. The van der Waals surface area contributed by atoms with E-state index in [1.54, 1.807) is 0 Å². The first-order valence-corrected chi connectivity index (χ1v) is 7.72. The summed E-state index contributed by atoms with van der Waals surface area (Å²) in [5, 5.41) is 8.31. The van der Waals surface area contributed by atoms with E-state index >= 15 is 0 Å². The van der Waals surface area contributed by atoms with Gasteiger partial charge in [0, 0.05) is 25.0 Å². The van der Waals surface area contributed by atoms with Crippen molar-refractivity contribution in [3.63, 3.8) is 0 Å². The topological polar surface area (TPSA) is 68.7 Å². The first kappa shape index (κ1) is 14.3.